The number of pyridine rings is 1. The highest BCUT2D eigenvalue weighted by Gasteiger charge is 2.18. The molecule has 0 radical (unpaired) electrons. The number of rotatable bonds is 4. The van der Waals surface area contributed by atoms with Crippen LogP contribution in [0.15, 0.2) is 122 Å². The van der Waals surface area contributed by atoms with E-state index in [0.717, 1.165) is 57.0 Å². The first kappa shape index (κ1) is 23.5. The number of imidazole rings is 1. The van der Waals surface area contributed by atoms with Crippen molar-refractivity contribution in [3.8, 4) is 28.2 Å². The summed E-state index contributed by atoms with van der Waals surface area (Å²) in [6.45, 7) is 0.831. The van der Waals surface area contributed by atoms with Crippen LogP contribution >= 0.6 is 0 Å². The fourth-order valence-electron chi connectivity index (χ4n) is 6.02. The van der Waals surface area contributed by atoms with Gasteiger partial charge >= 0.3 is 0 Å². The summed E-state index contributed by atoms with van der Waals surface area (Å²) in [5.41, 5.74) is 9.82. The Morgan fingerprint density at radius 3 is 2.34 bits per heavy atom. The second kappa shape index (κ2) is 9.10. The van der Waals surface area contributed by atoms with E-state index < -0.39 is 0 Å². The number of aromatic nitrogens is 4. The molecule has 0 atom stereocenters. The Balaban J connectivity index is 1.30. The van der Waals surface area contributed by atoms with Gasteiger partial charge in [0.2, 0.25) is 0 Å². The van der Waals surface area contributed by atoms with Crippen LogP contribution in [0.2, 0.25) is 0 Å². The van der Waals surface area contributed by atoms with Crippen LogP contribution in [0.5, 0.6) is 0 Å². The minimum Gasteiger partial charge on any atom is -0.361 e. The first-order valence-electron chi connectivity index (χ1n) is 13.8. The monoisotopic (exact) mass is 532 g/mol. The zero-order valence-electron chi connectivity index (χ0n) is 22.9. The highest BCUT2D eigenvalue weighted by atomic mass is 15.3. The number of aryl methyl sites for hydroxylation is 1. The molecule has 0 amide bonds. The Morgan fingerprint density at radius 1 is 0.634 bits per heavy atom. The molecule has 0 saturated heterocycles. The summed E-state index contributed by atoms with van der Waals surface area (Å²) in [5, 5.41) is 2.31. The maximum absolute atomic E-state index is 5.12. The van der Waals surface area contributed by atoms with Crippen LogP contribution in [0.4, 0.5) is 5.69 Å². The lowest BCUT2D eigenvalue weighted by atomic mass is 10.1. The highest BCUT2D eigenvalue weighted by Crippen LogP contribution is 2.36. The first-order valence-corrected chi connectivity index (χ1v) is 13.8. The van der Waals surface area contributed by atoms with E-state index in [1.54, 1.807) is 0 Å². The van der Waals surface area contributed by atoms with Crippen LogP contribution in [0.25, 0.3) is 61.2 Å². The summed E-state index contributed by atoms with van der Waals surface area (Å²) in [6.07, 6.45) is 6.09. The second-order valence-corrected chi connectivity index (χ2v) is 10.7. The minimum absolute atomic E-state index is 0.831. The lowest BCUT2D eigenvalue weighted by molar-refractivity contribution is 0.496. The second-order valence-electron chi connectivity index (χ2n) is 10.7. The molecule has 198 valence electrons. The van der Waals surface area contributed by atoms with Crippen molar-refractivity contribution < 1.29 is 0 Å². The van der Waals surface area contributed by atoms with Gasteiger partial charge in [0.15, 0.2) is 0 Å². The number of anilines is 1. The molecule has 4 aromatic carbocycles. The lowest BCUT2D eigenvalue weighted by Crippen LogP contribution is -2.21. The van der Waals surface area contributed by atoms with Crippen molar-refractivity contribution in [2.24, 2.45) is 7.05 Å². The Hall–Kier alpha value is -5.36. The normalized spacial score (nSPS) is 13.3. The van der Waals surface area contributed by atoms with Crippen molar-refractivity contribution >= 4 is 38.7 Å². The zero-order chi connectivity index (χ0) is 27.5. The molecule has 0 spiro atoms. The van der Waals surface area contributed by atoms with E-state index in [4.69, 9.17) is 9.97 Å². The fourth-order valence-corrected chi connectivity index (χ4v) is 6.02. The fraction of sp³-hybridized carbons (Fsp3) is 0.0857. The van der Waals surface area contributed by atoms with Gasteiger partial charge in [0.05, 0.1) is 23.2 Å². The van der Waals surface area contributed by atoms with Gasteiger partial charge < -0.3 is 14.4 Å². The summed E-state index contributed by atoms with van der Waals surface area (Å²) in [4.78, 5) is 14.4. The predicted molar refractivity (Wildman–Crippen MR) is 168 cm³/mol. The van der Waals surface area contributed by atoms with Gasteiger partial charge in [-0.3, -0.25) is 4.57 Å². The quantitative estimate of drug-likeness (QED) is 0.234. The van der Waals surface area contributed by atoms with E-state index in [1.807, 2.05) is 18.3 Å². The molecule has 0 aliphatic carbocycles. The molecule has 0 saturated carbocycles. The van der Waals surface area contributed by atoms with E-state index in [0.29, 0.717) is 0 Å². The van der Waals surface area contributed by atoms with Gasteiger partial charge in [-0.2, -0.15) is 0 Å². The molecule has 7 aromatic rings. The van der Waals surface area contributed by atoms with Crippen molar-refractivity contribution in [3.05, 3.63) is 122 Å². The topological polar surface area (TPSA) is 42.1 Å². The number of hydrogen-bond acceptors (Lipinski definition) is 4. The molecule has 41 heavy (non-hydrogen) atoms. The van der Waals surface area contributed by atoms with E-state index in [-0.39, 0.29) is 0 Å². The molecule has 1 aliphatic heterocycles. The average molecular weight is 533 g/mol. The summed E-state index contributed by atoms with van der Waals surface area (Å²) in [7, 11) is 4.18. The molecule has 6 nitrogen and oxygen atoms in total. The number of benzene rings is 4. The summed E-state index contributed by atoms with van der Waals surface area (Å²) in [6, 6.07) is 36.5. The van der Waals surface area contributed by atoms with Crippen LogP contribution in [0.3, 0.4) is 0 Å². The minimum atomic E-state index is 0.831. The Bertz CT molecular complexity index is 2120. The maximum Gasteiger partial charge on any atom is 0.145 e. The van der Waals surface area contributed by atoms with E-state index in [1.165, 1.54) is 16.5 Å². The van der Waals surface area contributed by atoms with Crippen molar-refractivity contribution in [2.75, 3.05) is 18.6 Å². The van der Waals surface area contributed by atoms with E-state index in [9.17, 15) is 0 Å². The van der Waals surface area contributed by atoms with Crippen molar-refractivity contribution in [3.63, 3.8) is 0 Å². The molecule has 0 N–H and O–H groups in total. The molecule has 0 bridgehead atoms. The molecule has 1 aliphatic rings. The van der Waals surface area contributed by atoms with Crippen molar-refractivity contribution in [1.82, 2.24) is 24.0 Å². The Morgan fingerprint density at radius 2 is 1.49 bits per heavy atom. The Kier molecular flexibility index (Phi) is 5.22. The van der Waals surface area contributed by atoms with Gasteiger partial charge in [0.25, 0.3) is 0 Å². The molecular formula is C35H28N6. The average Bonchev–Trinajstić information content (AvgIpc) is 3.70. The third-order valence-corrected chi connectivity index (χ3v) is 8.07. The molecule has 6 heteroatoms. The zero-order valence-corrected chi connectivity index (χ0v) is 22.9. The van der Waals surface area contributed by atoms with E-state index in [2.05, 4.69) is 136 Å². The standard InChI is InChI=1S/C35H28N6/c1-38-18-19-40(23-38)27-10-6-11-28(22-27)41-33-21-26(13-15-29(33)30-12-7-17-36-35(30)41)34-37-31-20-25(14-16-32(31)39(34)2)24-8-4-3-5-9-24/h3-22H,23H2,1-2H3. The van der Waals surface area contributed by atoms with Gasteiger partial charge in [-0.1, -0.05) is 54.6 Å². The Labute approximate surface area is 238 Å². The van der Waals surface area contributed by atoms with Gasteiger partial charge in [-0.05, 0) is 59.7 Å². The first-order chi connectivity index (χ1) is 20.1. The van der Waals surface area contributed by atoms with Gasteiger partial charge in [0, 0.05) is 60.4 Å². The van der Waals surface area contributed by atoms with E-state index >= 15 is 0 Å². The maximum atomic E-state index is 5.12. The van der Waals surface area contributed by atoms with Crippen molar-refractivity contribution in [1.29, 1.82) is 0 Å². The largest absolute Gasteiger partial charge is 0.361 e. The van der Waals surface area contributed by atoms with Crippen molar-refractivity contribution in [2.45, 2.75) is 0 Å². The predicted octanol–water partition coefficient (Wildman–Crippen LogP) is 7.58. The van der Waals surface area contributed by atoms with Crippen LogP contribution in [-0.4, -0.2) is 37.7 Å². The van der Waals surface area contributed by atoms with Gasteiger partial charge in [0.1, 0.15) is 11.5 Å². The van der Waals surface area contributed by atoms with Crippen LogP contribution in [0, 0.1) is 0 Å². The number of nitrogens with zero attached hydrogens (tertiary/aromatic N) is 6. The molecule has 4 heterocycles. The molecule has 3 aromatic heterocycles. The summed E-state index contributed by atoms with van der Waals surface area (Å²) < 4.78 is 4.46. The SMILES string of the molecule is CN1C=CN(c2cccc(-n3c4cc(-c5nc6cc(-c7ccccc7)ccc6n5C)ccc4c4cccnc43)c2)C1. The summed E-state index contributed by atoms with van der Waals surface area (Å²) in [5.74, 6) is 0.941. The highest BCUT2D eigenvalue weighted by molar-refractivity contribution is 6.09. The number of fused-ring (bicyclic) bond motifs is 4. The third kappa shape index (κ3) is 3.79. The number of hydrogen-bond donors (Lipinski definition) is 0. The smallest absolute Gasteiger partial charge is 0.145 e. The summed E-state index contributed by atoms with van der Waals surface area (Å²) >= 11 is 0. The molecule has 0 fully saturated rings. The third-order valence-electron chi connectivity index (χ3n) is 8.07. The molecule has 0 unspecified atom stereocenters. The lowest BCUT2D eigenvalue weighted by Gasteiger charge is -2.19. The van der Waals surface area contributed by atoms with Gasteiger partial charge in [-0.15, -0.1) is 0 Å². The van der Waals surface area contributed by atoms with Crippen LogP contribution in [-0.2, 0) is 7.05 Å². The van der Waals surface area contributed by atoms with Gasteiger partial charge in [-0.25, -0.2) is 9.97 Å². The van der Waals surface area contributed by atoms with Crippen LogP contribution < -0.4 is 4.90 Å². The van der Waals surface area contributed by atoms with Crippen LogP contribution in [0.1, 0.15) is 0 Å². The molecular weight excluding hydrogens is 504 g/mol. The molecule has 8 rings (SSSR count).